The zero-order valence-electron chi connectivity index (χ0n) is 11.2. The maximum atomic E-state index is 13.7. The predicted octanol–water partition coefficient (Wildman–Crippen LogP) is 1.86. The Hall–Kier alpha value is -1.95. The molecule has 1 atom stereocenters. The molecular weight excluding hydrogens is 247 g/mol. The maximum absolute atomic E-state index is 13.7. The average Bonchev–Trinajstić information content (AvgIpc) is 2.67. The van der Waals surface area contributed by atoms with Crippen LogP contribution in [0, 0.1) is 12.7 Å². The Morgan fingerprint density at radius 1 is 1.42 bits per heavy atom. The number of hydrogen-bond donors (Lipinski definition) is 1. The van der Waals surface area contributed by atoms with Gasteiger partial charge in [-0.05, 0) is 19.9 Å². The first-order valence-corrected chi connectivity index (χ1v) is 6.01. The van der Waals surface area contributed by atoms with E-state index in [0.717, 1.165) is 5.82 Å². The van der Waals surface area contributed by atoms with Crippen LogP contribution in [-0.4, -0.2) is 14.8 Å². The largest absolute Gasteiger partial charge is 0.486 e. The molecule has 5 nitrogen and oxygen atoms in total. The van der Waals surface area contributed by atoms with E-state index in [1.54, 1.807) is 19.1 Å². The molecule has 0 aliphatic rings. The third kappa shape index (κ3) is 2.90. The molecule has 0 bridgehead atoms. The van der Waals surface area contributed by atoms with E-state index in [0.29, 0.717) is 17.1 Å². The fourth-order valence-corrected chi connectivity index (χ4v) is 1.69. The topological polar surface area (TPSA) is 66.0 Å². The molecule has 19 heavy (non-hydrogen) atoms. The van der Waals surface area contributed by atoms with Crippen molar-refractivity contribution in [2.24, 2.45) is 12.8 Å². The Labute approximate surface area is 111 Å². The van der Waals surface area contributed by atoms with Crippen molar-refractivity contribution in [2.45, 2.75) is 26.5 Å². The van der Waals surface area contributed by atoms with Crippen LogP contribution in [-0.2, 0) is 13.7 Å². The molecule has 0 aliphatic carbocycles. The van der Waals surface area contributed by atoms with Crippen molar-refractivity contribution in [2.75, 3.05) is 0 Å². The number of aromatic nitrogens is 3. The number of aryl methyl sites for hydroxylation is 1. The summed E-state index contributed by atoms with van der Waals surface area (Å²) in [5.74, 6) is 1.58. The lowest BCUT2D eigenvalue weighted by Gasteiger charge is -2.10. The molecule has 0 aliphatic heterocycles. The Morgan fingerprint density at radius 2 is 2.16 bits per heavy atom. The van der Waals surface area contributed by atoms with Crippen molar-refractivity contribution >= 4 is 0 Å². The number of hydrogen-bond acceptors (Lipinski definition) is 4. The van der Waals surface area contributed by atoms with Gasteiger partial charge in [-0.25, -0.2) is 4.39 Å². The average molecular weight is 264 g/mol. The Balaban J connectivity index is 2.08. The summed E-state index contributed by atoms with van der Waals surface area (Å²) in [5, 5.41) is 7.90. The summed E-state index contributed by atoms with van der Waals surface area (Å²) in [6.45, 7) is 3.84. The van der Waals surface area contributed by atoms with Crippen molar-refractivity contribution in [3.8, 4) is 5.75 Å². The van der Waals surface area contributed by atoms with E-state index in [2.05, 4.69) is 10.2 Å². The lowest BCUT2D eigenvalue weighted by molar-refractivity contribution is 0.289. The first-order valence-electron chi connectivity index (χ1n) is 6.01. The van der Waals surface area contributed by atoms with Gasteiger partial charge in [0.25, 0.3) is 0 Å². The number of nitrogens with zero attached hydrogens (tertiary/aromatic N) is 3. The van der Waals surface area contributed by atoms with Crippen molar-refractivity contribution in [3.05, 3.63) is 41.2 Å². The lowest BCUT2D eigenvalue weighted by atomic mass is 10.1. The second kappa shape index (κ2) is 5.36. The summed E-state index contributed by atoms with van der Waals surface area (Å²) in [5.41, 5.74) is 6.12. The van der Waals surface area contributed by atoms with Gasteiger partial charge in [-0.1, -0.05) is 6.07 Å². The van der Waals surface area contributed by atoms with Gasteiger partial charge in [0.1, 0.15) is 24.0 Å². The van der Waals surface area contributed by atoms with Gasteiger partial charge in [-0.15, -0.1) is 10.2 Å². The molecule has 2 N–H and O–H groups in total. The van der Waals surface area contributed by atoms with Gasteiger partial charge >= 0.3 is 0 Å². The molecule has 0 fully saturated rings. The number of ether oxygens (including phenoxy) is 1. The SMILES string of the molecule is Cc1nnc(COc2ccc(C(C)N)c(F)c2)n1C. The third-order valence-corrected chi connectivity index (χ3v) is 3.01. The van der Waals surface area contributed by atoms with E-state index in [1.165, 1.54) is 6.07 Å². The van der Waals surface area contributed by atoms with Gasteiger partial charge in [0.2, 0.25) is 0 Å². The molecule has 1 aromatic carbocycles. The molecule has 0 spiro atoms. The monoisotopic (exact) mass is 264 g/mol. The summed E-state index contributed by atoms with van der Waals surface area (Å²) in [7, 11) is 1.85. The minimum atomic E-state index is -0.360. The molecule has 0 saturated heterocycles. The molecule has 1 heterocycles. The smallest absolute Gasteiger partial charge is 0.170 e. The van der Waals surface area contributed by atoms with Crippen LogP contribution in [0.5, 0.6) is 5.75 Å². The normalized spacial score (nSPS) is 12.5. The summed E-state index contributed by atoms with van der Waals surface area (Å²) in [6.07, 6.45) is 0. The molecule has 1 aromatic heterocycles. The summed E-state index contributed by atoms with van der Waals surface area (Å²) >= 11 is 0. The molecule has 6 heteroatoms. The molecular formula is C13H17FN4O. The fraction of sp³-hybridized carbons (Fsp3) is 0.385. The minimum Gasteiger partial charge on any atom is -0.486 e. The zero-order valence-corrected chi connectivity index (χ0v) is 11.2. The van der Waals surface area contributed by atoms with E-state index in [4.69, 9.17) is 10.5 Å². The van der Waals surface area contributed by atoms with Crippen LogP contribution in [0.4, 0.5) is 4.39 Å². The van der Waals surface area contributed by atoms with Gasteiger partial charge in [0, 0.05) is 24.7 Å². The van der Waals surface area contributed by atoms with E-state index in [1.807, 2.05) is 18.5 Å². The maximum Gasteiger partial charge on any atom is 0.170 e. The number of nitrogens with two attached hydrogens (primary N) is 1. The summed E-state index contributed by atoms with van der Waals surface area (Å²) < 4.78 is 21.0. The van der Waals surface area contributed by atoms with Crippen LogP contribution in [0.2, 0.25) is 0 Å². The molecule has 0 amide bonds. The fourth-order valence-electron chi connectivity index (χ4n) is 1.69. The lowest BCUT2D eigenvalue weighted by Crippen LogP contribution is -2.08. The van der Waals surface area contributed by atoms with Gasteiger partial charge in [0.05, 0.1) is 0 Å². The van der Waals surface area contributed by atoms with Crippen LogP contribution in [0.25, 0.3) is 0 Å². The molecule has 2 rings (SSSR count). The van der Waals surface area contributed by atoms with Crippen LogP contribution in [0.1, 0.15) is 30.2 Å². The van der Waals surface area contributed by atoms with Crippen molar-refractivity contribution in [1.29, 1.82) is 0 Å². The highest BCUT2D eigenvalue weighted by Crippen LogP contribution is 2.21. The molecule has 1 unspecified atom stereocenters. The van der Waals surface area contributed by atoms with E-state index in [9.17, 15) is 4.39 Å². The van der Waals surface area contributed by atoms with Crippen LogP contribution in [0.3, 0.4) is 0 Å². The summed E-state index contributed by atoms with van der Waals surface area (Å²) in [6, 6.07) is 4.33. The van der Waals surface area contributed by atoms with Gasteiger partial charge in [-0.3, -0.25) is 0 Å². The van der Waals surface area contributed by atoms with Crippen molar-refractivity contribution in [3.63, 3.8) is 0 Å². The van der Waals surface area contributed by atoms with Gasteiger partial charge in [0.15, 0.2) is 5.82 Å². The van der Waals surface area contributed by atoms with Gasteiger partial charge in [-0.2, -0.15) is 0 Å². The van der Waals surface area contributed by atoms with Crippen molar-refractivity contribution < 1.29 is 9.13 Å². The highest BCUT2D eigenvalue weighted by Gasteiger charge is 2.09. The predicted molar refractivity (Wildman–Crippen MR) is 69.1 cm³/mol. The number of rotatable bonds is 4. The summed E-state index contributed by atoms with van der Waals surface area (Å²) in [4.78, 5) is 0. The molecule has 2 aromatic rings. The quantitative estimate of drug-likeness (QED) is 0.915. The second-order valence-electron chi connectivity index (χ2n) is 4.48. The van der Waals surface area contributed by atoms with E-state index < -0.39 is 0 Å². The minimum absolute atomic E-state index is 0.244. The zero-order chi connectivity index (χ0) is 14.0. The second-order valence-corrected chi connectivity index (χ2v) is 4.48. The van der Waals surface area contributed by atoms with Gasteiger partial charge < -0.3 is 15.0 Å². The standard InChI is InChI=1S/C13H17FN4O/c1-8(15)11-5-4-10(6-12(11)14)19-7-13-17-16-9(2)18(13)3/h4-6,8H,7,15H2,1-3H3. The first kappa shape index (κ1) is 13.5. The highest BCUT2D eigenvalue weighted by atomic mass is 19.1. The number of benzene rings is 1. The van der Waals surface area contributed by atoms with Crippen LogP contribution in [0.15, 0.2) is 18.2 Å². The Kier molecular flexibility index (Phi) is 3.80. The third-order valence-electron chi connectivity index (χ3n) is 3.01. The van der Waals surface area contributed by atoms with E-state index in [-0.39, 0.29) is 18.5 Å². The van der Waals surface area contributed by atoms with Crippen LogP contribution < -0.4 is 10.5 Å². The number of halogens is 1. The molecule has 102 valence electrons. The first-order chi connectivity index (χ1) is 8.99. The highest BCUT2D eigenvalue weighted by molar-refractivity contribution is 5.30. The molecule has 0 saturated carbocycles. The molecule has 0 radical (unpaired) electrons. The van der Waals surface area contributed by atoms with Crippen LogP contribution >= 0.6 is 0 Å². The van der Waals surface area contributed by atoms with Crippen molar-refractivity contribution in [1.82, 2.24) is 14.8 Å². The Bertz CT molecular complexity index is 580. The van der Waals surface area contributed by atoms with E-state index >= 15 is 0 Å². The Morgan fingerprint density at radius 3 is 2.68 bits per heavy atom.